The molecule has 4 aromatic rings. The van der Waals surface area contributed by atoms with Gasteiger partial charge >= 0.3 is 0 Å². The van der Waals surface area contributed by atoms with Crippen LogP contribution >= 0.6 is 0 Å². The van der Waals surface area contributed by atoms with Crippen LogP contribution in [0.25, 0.3) is 16.9 Å². The van der Waals surface area contributed by atoms with Gasteiger partial charge in [0.25, 0.3) is 0 Å². The molecule has 124 valence electrons. The lowest BCUT2D eigenvalue weighted by Crippen LogP contribution is -2.20. The fourth-order valence-electron chi connectivity index (χ4n) is 2.93. The number of hydrogen-bond donors (Lipinski definition) is 1. The van der Waals surface area contributed by atoms with E-state index in [1.54, 1.807) is 6.33 Å². The minimum Gasteiger partial charge on any atom is -0.393 e. The Kier molecular flexibility index (Phi) is 3.78. The minimum atomic E-state index is 0.532. The highest BCUT2D eigenvalue weighted by molar-refractivity contribution is 5.80. The Bertz CT molecular complexity index is 1010. The van der Waals surface area contributed by atoms with E-state index in [1.807, 2.05) is 59.0 Å². The number of nitrogen functional groups attached to an aromatic ring is 1. The maximum absolute atomic E-state index is 6.40. The van der Waals surface area contributed by atoms with Gasteiger partial charge in [-0.1, -0.05) is 42.5 Å². The van der Waals surface area contributed by atoms with Gasteiger partial charge < -0.3 is 10.6 Å². The normalized spacial score (nSPS) is 10.9. The van der Waals surface area contributed by atoms with E-state index >= 15 is 0 Å². The summed E-state index contributed by atoms with van der Waals surface area (Å²) in [5.74, 6) is 1.34. The Morgan fingerprint density at radius 2 is 1.72 bits per heavy atom. The minimum absolute atomic E-state index is 0.532. The molecule has 0 fully saturated rings. The molecule has 0 bridgehead atoms. The number of para-hydroxylation sites is 2. The molecule has 0 saturated heterocycles. The van der Waals surface area contributed by atoms with Crippen LogP contribution in [-0.2, 0) is 6.54 Å². The van der Waals surface area contributed by atoms with Crippen molar-refractivity contribution in [2.45, 2.75) is 6.54 Å². The molecular weight excluding hydrogens is 312 g/mol. The van der Waals surface area contributed by atoms with E-state index < -0.39 is 0 Å². The first-order chi connectivity index (χ1) is 12.2. The molecule has 0 radical (unpaired) electrons. The highest BCUT2D eigenvalue weighted by Gasteiger charge is 2.15. The van der Waals surface area contributed by atoms with Gasteiger partial charge in [-0.2, -0.15) is 0 Å². The van der Waals surface area contributed by atoms with Gasteiger partial charge in [0, 0.05) is 13.6 Å². The number of rotatable bonds is 4. The van der Waals surface area contributed by atoms with Crippen LogP contribution in [0.1, 0.15) is 5.56 Å². The molecule has 0 spiro atoms. The van der Waals surface area contributed by atoms with Crippen molar-refractivity contribution in [3.63, 3.8) is 0 Å². The molecule has 2 aromatic carbocycles. The molecule has 4 rings (SSSR count). The molecule has 2 heterocycles. The van der Waals surface area contributed by atoms with E-state index in [9.17, 15) is 0 Å². The predicted molar refractivity (Wildman–Crippen MR) is 99.6 cm³/mol. The zero-order valence-electron chi connectivity index (χ0n) is 13.9. The number of benzene rings is 2. The monoisotopic (exact) mass is 330 g/mol. The lowest BCUT2D eigenvalue weighted by molar-refractivity contribution is 0.885. The van der Waals surface area contributed by atoms with E-state index in [1.165, 1.54) is 11.9 Å². The maximum atomic E-state index is 6.40. The van der Waals surface area contributed by atoms with Crippen molar-refractivity contribution in [1.82, 2.24) is 19.5 Å². The summed E-state index contributed by atoms with van der Waals surface area (Å²) in [6.07, 6.45) is 3.28. The molecule has 0 amide bonds. The molecule has 0 unspecified atom stereocenters. The third-order valence-electron chi connectivity index (χ3n) is 4.15. The second-order valence-corrected chi connectivity index (χ2v) is 5.88. The third-order valence-corrected chi connectivity index (χ3v) is 4.15. The van der Waals surface area contributed by atoms with Crippen molar-refractivity contribution >= 4 is 22.5 Å². The smallest absolute Gasteiger partial charge is 0.167 e. The van der Waals surface area contributed by atoms with Gasteiger partial charge in [-0.25, -0.2) is 15.0 Å². The first-order valence-corrected chi connectivity index (χ1v) is 8.02. The number of fused-ring (bicyclic) bond motifs is 1. The van der Waals surface area contributed by atoms with Crippen LogP contribution in [0.3, 0.4) is 0 Å². The Balaban J connectivity index is 1.73. The van der Waals surface area contributed by atoms with Crippen LogP contribution in [0.15, 0.2) is 67.3 Å². The third kappa shape index (κ3) is 2.78. The van der Waals surface area contributed by atoms with Gasteiger partial charge in [-0.05, 0) is 17.7 Å². The van der Waals surface area contributed by atoms with Crippen molar-refractivity contribution in [2.24, 2.45) is 0 Å². The molecule has 0 atom stereocenters. The van der Waals surface area contributed by atoms with Crippen molar-refractivity contribution in [2.75, 3.05) is 17.7 Å². The van der Waals surface area contributed by atoms with Gasteiger partial charge in [-0.3, -0.25) is 4.57 Å². The largest absolute Gasteiger partial charge is 0.393 e. The SMILES string of the molecule is CN(Cc1ccccc1)c1ncnc(-n2cnc3ccccc32)c1N. The highest BCUT2D eigenvalue weighted by Crippen LogP contribution is 2.27. The van der Waals surface area contributed by atoms with Gasteiger partial charge in [0.1, 0.15) is 18.3 Å². The molecule has 2 aromatic heterocycles. The van der Waals surface area contributed by atoms with E-state index in [-0.39, 0.29) is 0 Å². The second-order valence-electron chi connectivity index (χ2n) is 5.88. The van der Waals surface area contributed by atoms with Crippen LogP contribution in [0.4, 0.5) is 11.5 Å². The van der Waals surface area contributed by atoms with Gasteiger partial charge in [0.05, 0.1) is 11.0 Å². The topological polar surface area (TPSA) is 72.9 Å². The number of anilines is 2. The van der Waals surface area contributed by atoms with Crippen LogP contribution in [0.2, 0.25) is 0 Å². The first-order valence-electron chi connectivity index (χ1n) is 8.02. The predicted octanol–water partition coefficient (Wildman–Crippen LogP) is 3.03. The quantitative estimate of drug-likeness (QED) is 0.622. The number of nitrogens with zero attached hydrogens (tertiary/aromatic N) is 5. The fourth-order valence-corrected chi connectivity index (χ4v) is 2.93. The Morgan fingerprint density at radius 1 is 0.960 bits per heavy atom. The lowest BCUT2D eigenvalue weighted by atomic mass is 10.2. The molecule has 0 aliphatic rings. The van der Waals surface area contributed by atoms with Crippen molar-refractivity contribution in [1.29, 1.82) is 0 Å². The van der Waals surface area contributed by atoms with E-state index in [2.05, 4.69) is 27.1 Å². The summed E-state index contributed by atoms with van der Waals surface area (Å²) in [5.41, 5.74) is 9.99. The lowest BCUT2D eigenvalue weighted by Gasteiger charge is -2.21. The van der Waals surface area contributed by atoms with Crippen LogP contribution in [0.5, 0.6) is 0 Å². The maximum Gasteiger partial charge on any atom is 0.167 e. The highest BCUT2D eigenvalue weighted by atomic mass is 15.2. The van der Waals surface area contributed by atoms with Gasteiger partial charge in [0.2, 0.25) is 0 Å². The van der Waals surface area contributed by atoms with Gasteiger partial charge in [-0.15, -0.1) is 0 Å². The molecule has 6 nitrogen and oxygen atoms in total. The summed E-state index contributed by atoms with van der Waals surface area (Å²) in [6.45, 7) is 0.714. The Hall–Kier alpha value is -3.41. The fraction of sp³-hybridized carbons (Fsp3) is 0.105. The summed E-state index contributed by atoms with van der Waals surface area (Å²) >= 11 is 0. The van der Waals surface area contributed by atoms with Crippen molar-refractivity contribution in [3.8, 4) is 5.82 Å². The number of aromatic nitrogens is 4. The summed E-state index contributed by atoms with van der Waals surface area (Å²) in [7, 11) is 1.97. The summed E-state index contributed by atoms with van der Waals surface area (Å²) < 4.78 is 1.90. The zero-order valence-corrected chi connectivity index (χ0v) is 13.9. The van der Waals surface area contributed by atoms with Crippen molar-refractivity contribution in [3.05, 3.63) is 72.8 Å². The molecule has 25 heavy (non-hydrogen) atoms. The average Bonchev–Trinajstić information content (AvgIpc) is 3.07. The summed E-state index contributed by atoms with van der Waals surface area (Å²) in [4.78, 5) is 15.2. The van der Waals surface area contributed by atoms with Gasteiger partial charge in [0.15, 0.2) is 11.6 Å². The summed E-state index contributed by atoms with van der Waals surface area (Å²) in [5, 5.41) is 0. The zero-order chi connectivity index (χ0) is 17.2. The van der Waals surface area contributed by atoms with E-state index in [0.29, 0.717) is 23.9 Å². The average molecular weight is 330 g/mol. The molecule has 0 saturated carbocycles. The standard InChI is InChI=1S/C19H18N6/c1-24(11-14-7-3-2-4-8-14)18-17(20)19(22-12-21-18)25-13-23-15-9-5-6-10-16(15)25/h2-10,12-13H,11,20H2,1H3. The Labute approximate surface area is 145 Å². The number of imidazole rings is 1. The van der Waals surface area contributed by atoms with E-state index in [4.69, 9.17) is 5.73 Å². The number of nitrogens with two attached hydrogens (primary N) is 1. The van der Waals surface area contributed by atoms with E-state index in [0.717, 1.165) is 11.0 Å². The Morgan fingerprint density at radius 3 is 2.56 bits per heavy atom. The molecule has 0 aliphatic carbocycles. The molecule has 0 aliphatic heterocycles. The second kappa shape index (κ2) is 6.24. The molecule has 6 heteroatoms. The molecular formula is C19H18N6. The summed E-state index contributed by atoms with van der Waals surface area (Å²) in [6, 6.07) is 18.1. The number of hydrogen-bond acceptors (Lipinski definition) is 5. The van der Waals surface area contributed by atoms with Crippen LogP contribution in [0, 0.1) is 0 Å². The van der Waals surface area contributed by atoms with Crippen molar-refractivity contribution < 1.29 is 0 Å². The molecule has 2 N–H and O–H groups in total. The van der Waals surface area contributed by atoms with Crippen LogP contribution < -0.4 is 10.6 Å². The van der Waals surface area contributed by atoms with Crippen LogP contribution in [-0.4, -0.2) is 26.6 Å². The first kappa shape index (κ1) is 15.1.